The van der Waals surface area contributed by atoms with E-state index in [-0.39, 0.29) is 6.42 Å². The summed E-state index contributed by atoms with van der Waals surface area (Å²) in [7, 11) is -4.64. The molecule has 0 saturated carbocycles. The Morgan fingerprint density at radius 3 is 1.55 bits per heavy atom. The quantitative estimate of drug-likeness (QED) is 0.0182. The van der Waals surface area contributed by atoms with E-state index in [0.717, 1.165) is 51.4 Å². The summed E-state index contributed by atoms with van der Waals surface area (Å²) in [6.07, 6.45) is 39.9. The third-order valence-electron chi connectivity index (χ3n) is 8.59. The molecule has 10 nitrogen and oxygen atoms in total. The molecular formula is C42H75O10P. The smallest absolute Gasteiger partial charge is 0.458 e. The Labute approximate surface area is 322 Å². The van der Waals surface area contributed by atoms with Crippen molar-refractivity contribution in [3.63, 3.8) is 0 Å². The van der Waals surface area contributed by atoms with Crippen LogP contribution in [0.4, 0.5) is 0 Å². The molecular weight excluding hydrogens is 695 g/mol. The predicted molar refractivity (Wildman–Crippen MR) is 214 cm³/mol. The molecule has 1 unspecified atom stereocenters. The molecule has 308 valence electrons. The van der Waals surface area contributed by atoms with Crippen molar-refractivity contribution in [2.45, 2.75) is 180 Å². The Morgan fingerprint density at radius 1 is 0.604 bits per heavy atom. The first-order chi connectivity index (χ1) is 25.7. The van der Waals surface area contributed by atoms with Crippen LogP contribution in [0.15, 0.2) is 48.6 Å². The van der Waals surface area contributed by atoms with Gasteiger partial charge in [0.15, 0.2) is 6.10 Å². The molecule has 0 spiro atoms. The first kappa shape index (κ1) is 50.9. The first-order valence-corrected chi connectivity index (χ1v) is 22.1. The molecule has 0 aromatic carbocycles. The van der Waals surface area contributed by atoms with Gasteiger partial charge in [0.2, 0.25) is 0 Å². The number of allylic oxidation sites excluding steroid dienone is 7. The van der Waals surface area contributed by atoms with Crippen LogP contribution in [0.5, 0.6) is 0 Å². The highest BCUT2D eigenvalue weighted by atomic mass is 31.2. The Kier molecular flexibility index (Phi) is 36.7. The van der Waals surface area contributed by atoms with Crippen molar-refractivity contribution in [1.82, 2.24) is 0 Å². The van der Waals surface area contributed by atoms with E-state index < -0.39 is 58.4 Å². The lowest BCUT2D eigenvalue weighted by molar-refractivity contribution is -0.159. The Hall–Kier alpha value is -2.07. The minimum atomic E-state index is -4.64. The number of phosphoric acid groups is 1. The van der Waals surface area contributed by atoms with E-state index in [0.29, 0.717) is 6.42 Å². The third-order valence-corrected chi connectivity index (χ3v) is 9.54. The lowest BCUT2D eigenvalue weighted by Gasteiger charge is -2.20. The average Bonchev–Trinajstić information content (AvgIpc) is 3.14. The molecule has 11 heteroatoms. The molecule has 3 N–H and O–H groups in total. The number of hydrogen-bond donors (Lipinski definition) is 3. The number of phosphoric ester groups is 1. The number of carbonyl (C=O) groups excluding carboxylic acids is 2. The molecule has 53 heavy (non-hydrogen) atoms. The maximum Gasteiger partial charge on any atom is 0.472 e. The van der Waals surface area contributed by atoms with Crippen LogP contribution in [0, 0.1) is 0 Å². The standard InChI is InChI=1S/C42H75O10P/c1-3-5-7-9-11-13-15-17-19-21-23-25-27-29-31-33-41(45)49-37-40(38-51-53(47,48)50-36-39(44)35-43)52-42(46)34-32-30-28-26-24-22-20-18-16-14-12-10-8-6-4-2/h14,16,18,20,27,29,31,33,39-40,43-44H,3-13,15,17,19,21-26,28,30,32,34-38H2,1-2H3,(H,47,48)/b16-14+,20-18+,29-27+,33-31+/t39-,40+/m0/s1. The van der Waals surface area contributed by atoms with Gasteiger partial charge in [-0.3, -0.25) is 13.8 Å². The van der Waals surface area contributed by atoms with Crippen molar-refractivity contribution < 1.29 is 47.8 Å². The van der Waals surface area contributed by atoms with Gasteiger partial charge in [-0.15, -0.1) is 0 Å². The van der Waals surface area contributed by atoms with E-state index in [1.54, 1.807) is 12.2 Å². The second-order valence-corrected chi connectivity index (χ2v) is 15.2. The van der Waals surface area contributed by atoms with Crippen LogP contribution in [0.25, 0.3) is 0 Å². The number of carbonyl (C=O) groups is 2. The maximum absolute atomic E-state index is 12.6. The fourth-order valence-corrected chi connectivity index (χ4v) is 6.16. The summed E-state index contributed by atoms with van der Waals surface area (Å²) in [5.41, 5.74) is 0. The molecule has 0 heterocycles. The van der Waals surface area contributed by atoms with Gasteiger partial charge < -0.3 is 24.6 Å². The van der Waals surface area contributed by atoms with Crippen molar-refractivity contribution in [1.29, 1.82) is 0 Å². The van der Waals surface area contributed by atoms with Gasteiger partial charge in [0.05, 0.1) is 19.8 Å². The van der Waals surface area contributed by atoms with Gasteiger partial charge in [-0.05, 0) is 44.9 Å². The minimum Gasteiger partial charge on any atom is -0.458 e. The number of unbranched alkanes of at least 4 members (excludes halogenated alkanes) is 20. The Balaban J connectivity index is 4.46. The van der Waals surface area contributed by atoms with Gasteiger partial charge in [0, 0.05) is 12.5 Å². The van der Waals surface area contributed by atoms with E-state index in [1.165, 1.54) is 96.0 Å². The normalized spacial score (nSPS) is 14.4. The average molecular weight is 771 g/mol. The van der Waals surface area contributed by atoms with Gasteiger partial charge in [-0.2, -0.15) is 0 Å². The van der Waals surface area contributed by atoms with Crippen LogP contribution < -0.4 is 0 Å². The van der Waals surface area contributed by atoms with E-state index in [1.807, 2.05) is 6.08 Å². The SMILES string of the molecule is CCCCCC/C=C/C=C/CCCCCCCC(=O)O[C@H](COC(=O)/C=C/C=C/CCCCCCCCCCCCC)COP(=O)(O)OC[C@@H](O)CO. The lowest BCUT2D eigenvalue weighted by Crippen LogP contribution is -2.29. The highest BCUT2D eigenvalue weighted by Crippen LogP contribution is 2.43. The fourth-order valence-electron chi connectivity index (χ4n) is 5.37. The molecule has 0 aliphatic heterocycles. The molecule has 0 radical (unpaired) electrons. The van der Waals surface area contributed by atoms with Crippen LogP contribution >= 0.6 is 7.82 Å². The highest BCUT2D eigenvalue weighted by Gasteiger charge is 2.27. The monoisotopic (exact) mass is 771 g/mol. The van der Waals surface area contributed by atoms with Gasteiger partial charge in [-0.25, -0.2) is 9.36 Å². The number of rotatable bonds is 38. The molecule has 0 saturated heterocycles. The van der Waals surface area contributed by atoms with Crippen LogP contribution in [0.1, 0.15) is 168 Å². The van der Waals surface area contributed by atoms with Crippen molar-refractivity contribution in [2.24, 2.45) is 0 Å². The molecule has 0 bridgehead atoms. The molecule has 0 aromatic rings. The summed E-state index contributed by atoms with van der Waals surface area (Å²) in [5, 5.41) is 18.3. The van der Waals surface area contributed by atoms with Crippen LogP contribution in [0.2, 0.25) is 0 Å². The zero-order valence-corrected chi connectivity index (χ0v) is 34.1. The minimum absolute atomic E-state index is 0.146. The van der Waals surface area contributed by atoms with E-state index in [4.69, 9.17) is 19.1 Å². The van der Waals surface area contributed by atoms with Crippen molar-refractivity contribution in [2.75, 3.05) is 26.4 Å². The van der Waals surface area contributed by atoms with Gasteiger partial charge >= 0.3 is 19.8 Å². The summed E-state index contributed by atoms with van der Waals surface area (Å²) in [4.78, 5) is 34.8. The fraction of sp³-hybridized carbons (Fsp3) is 0.762. The van der Waals surface area contributed by atoms with E-state index in [2.05, 4.69) is 42.7 Å². The molecule has 0 aliphatic rings. The van der Waals surface area contributed by atoms with Crippen molar-refractivity contribution >= 4 is 19.8 Å². The number of aliphatic hydroxyl groups is 2. The largest absolute Gasteiger partial charge is 0.472 e. The summed E-state index contributed by atoms with van der Waals surface area (Å²) in [6.45, 7) is 2.20. The van der Waals surface area contributed by atoms with Gasteiger partial charge in [0.1, 0.15) is 12.7 Å². The highest BCUT2D eigenvalue weighted by molar-refractivity contribution is 7.47. The number of hydrogen-bond acceptors (Lipinski definition) is 9. The molecule has 0 amide bonds. The molecule has 0 aromatic heterocycles. The van der Waals surface area contributed by atoms with E-state index in [9.17, 15) is 24.2 Å². The lowest BCUT2D eigenvalue weighted by atomic mass is 10.1. The van der Waals surface area contributed by atoms with Gasteiger partial charge in [-0.1, -0.05) is 159 Å². The zero-order valence-electron chi connectivity index (χ0n) is 33.2. The third kappa shape index (κ3) is 38.0. The topological polar surface area (TPSA) is 149 Å². The van der Waals surface area contributed by atoms with Crippen LogP contribution in [-0.2, 0) is 32.7 Å². The first-order valence-electron chi connectivity index (χ1n) is 20.7. The van der Waals surface area contributed by atoms with Gasteiger partial charge in [0.25, 0.3) is 0 Å². The van der Waals surface area contributed by atoms with Crippen LogP contribution in [0.3, 0.4) is 0 Å². The Bertz CT molecular complexity index is 1030. The predicted octanol–water partition coefficient (Wildman–Crippen LogP) is 10.6. The molecule has 0 rings (SSSR count). The van der Waals surface area contributed by atoms with Crippen LogP contribution in [-0.4, -0.2) is 65.7 Å². The second-order valence-electron chi connectivity index (χ2n) is 13.8. The van der Waals surface area contributed by atoms with Crippen molar-refractivity contribution in [3.8, 4) is 0 Å². The molecule has 0 fully saturated rings. The number of esters is 2. The zero-order chi connectivity index (χ0) is 39.1. The summed E-state index contributed by atoms with van der Waals surface area (Å²) in [5.74, 6) is -1.20. The molecule has 0 aliphatic carbocycles. The van der Waals surface area contributed by atoms with E-state index >= 15 is 0 Å². The maximum atomic E-state index is 12.6. The molecule has 3 atom stereocenters. The second kappa shape index (κ2) is 38.2. The number of aliphatic hydroxyl groups excluding tert-OH is 2. The van der Waals surface area contributed by atoms with Crippen molar-refractivity contribution in [3.05, 3.63) is 48.6 Å². The summed E-state index contributed by atoms with van der Waals surface area (Å²) in [6, 6.07) is 0. The number of ether oxygens (including phenoxy) is 2. The summed E-state index contributed by atoms with van der Waals surface area (Å²) < 4.78 is 32.4. The Morgan fingerprint density at radius 2 is 1.04 bits per heavy atom. The summed E-state index contributed by atoms with van der Waals surface area (Å²) >= 11 is 0.